The molecule has 0 spiro atoms. The van der Waals surface area contributed by atoms with Crippen LogP contribution in [-0.2, 0) is 6.42 Å². The molecule has 0 radical (unpaired) electrons. The Morgan fingerprint density at radius 3 is 2.61 bits per heavy atom. The van der Waals surface area contributed by atoms with E-state index in [1.165, 1.54) is 30.6 Å². The quantitative estimate of drug-likeness (QED) is 0.913. The van der Waals surface area contributed by atoms with E-state index >= 15 is 0 Å². The number of carboxylic acid groups (broad SMARTS) is 1. The van der Waals surface area contributed by atoms with Gasteiger partial charge in [-0.25, -0.2) is 9.78 Å². The smallest absolute Gasteiger partial charge is 0.347 e. The predicted molar refractivity (Wildman–Crippen MR) is 71.5 cm³/mol. The normalized spacial score (nSPS) is 26.6. The van der Waals surface area contributed by atoms with Gasteiger partial charge < -0.3 is 10.0 Å². The Bertz CT molecular complexity index is 460. The molecule has 0 bridgehead atoms. The van der Waals surface area contributed by atoms with Crippen LogP contribution in [0.3, 0.4) is 0 Å². The Balaban J connectivity index is 1.83. The van der Waals surface area contributed by atoms with Crippen molar-refractivity contribution >= 4 is 22.4 Å². The molecule has 2 atom stereocenters. The van der Waals surface area contributed by atoms with Crippen LogP contribution in [0.5, 0.6) is 0 Å². The van der Waals surface area contributed by atoms with Gasteiger partial charge >= 0.3 is 5.97 Å². The van der Waals surface area contributed by atoms with Gasteiger partial charge in [0.15, 0.2) is 5.13 Å². The SMILES string of the molecule is CCc1nc(N2CC3CCCC3C2)sc1C(=O)O. The highest BCUT2D eigenvalue weighted by atomic mass is 32.1. The predicted octanol–water partition coefficient (Wildman–Crippen LogP) is 2.64. The van der Waals surface area contributed by atoms with Gasteiger partial charge in [-0.2, -0.15) is 0 Å². The lowest BCUT2D eigenvalue weighted by Crippen LogP contribution is -2.20. The molecule has 1 saturated carbocycles. The summed E-state index contributed by atoms with van der Waals surface area (Å²) >= 11 is 1.34. The molecule has 2 fully saturated rings. The minimum Gasteiger partial charge on any atom is -0.477 e. The summed E-state index contributed by atoms with van der Waals surface area (Å²) in [6, 6.07) is 0. The fourth-order valence-corrected chi connectivity index (χ4v) is 4.28. The lowest BCUT2D eigenvalue weighted by Gasteiger charge is -2.15. The van der Waals surface area contributed by atoms with Gasteiger partial charge in [-0.1, -0.05) is 24.7 Å². The number of aromatic carboxylic acids is 1. The molecule has 1 aromatic heterocycles. The Kier molecular flexibility index (Phi) is 3.01. The number of fused-ring (bicyclic) bond motifs is 1. The first-order valence-electron chi connectivity index (χ1n) is 6.67. The molecule has 98 valence electrons. The number of hydrogen-bond donors (Lipinski definition) is 1. The average Bonchev–Trinajstić information content (AvgIpc) is 3.01. The zero-order valence-electron chi connectivity index (χ0n) is 10.6. The molecule has 1 aliphatic carbocycles. The molecule has 2 heterocycles. The van der Waals surface area contributed by atoms with Crippen molar-refractivity contribution in [3.63, 3.8) is 0 Å². The zero-order valence-corrected chi connectivity index (χ0v) is 11.4. The van der Waals surface area contributed by atoms with Crippen LogP contribution in [0, 0.1) is 11.8 Å². The molecule has 3 rings (SSSR count). The van der Waals surface area contributed by atoms with Crippen molar-refractivity contribution in [1.82, 2.24) is 4.98 Å². The van der Waals surface area contributed by atoms with Gasteiger partial charge in [0.1, 0.15) is 4.88 Å². The summed E-state index contributed by atoms with van der Waals surface area (Å²) in [4.78, 5) is 18.4. The monoisotopic (exact) mass is 266 g/mol. The fraction of sp³-hybridized carbons (Fsp3) is 0.692. The van der Waals surface area contributed by atoms with Crippen molar-refractivity contribution in [2.24, 2.45) is 11.8 Å². The number of aryl methyl sites for hydroxylation is 1. The standard InChI is InChI=1S/C13H18N2O2S/c1-2-10-11(12(16)17)18-13(14-10)15-6-8-4-3-5-9(8)7-15/h8-9H,2-7H2,1H3,(H,16,17). The number of rotatable bonds is 3. The maximum atomic E-state index is 11.2. The minimum absolute atomic E-state index is 0.421. The lowest BCUT2D eigenvalue weighted by atomic mass is 10.0. The van der Waals surface area contributed by atoms with E-state index in [1.54, 1.807) is 0 Å². The summed E-state index contributed by atoms with van der Waals surface area (Å²) in [5.41, 5.74) is 0.736. The molecule has 5 heteroatoms. The number of anilines is 1. The summed E-state index contributed by atoms with van der Waals surface area (Å²) in [6.07, 6.45) is 4.72. The van der Waals surface area contributed by atoms with E-state index in [1.807, 2.05) is 6.92 Å². The van der Waals surface area contributed by atoms with E-state index < -0.39 is 5.97 Å². The van der Waals surface area contributed by atoms with Crippen molar-refractivity contribution in [1.29, 1.82) is 0 Å². The molecule has 1 aromatic rings. The number of carbonyl (C=O) groups is 1. The van der Waals surface area contributed by atoms with Crippen molar-refractivity contribution < 1.29 is 9.90 Å². The molecule has 1 N–H and O–H groups in total. The van der Waals surface area contributed by atoms with Crippen molar-refractivity contribution in [2.75, 3.05) is 18.0 Å². The maximum absolute atomic E-state index is 11.2. The van der Waals surface area contributed by atoms with E-state index in [0.717, 1.165) is 35.8 Å². The molecular weight excluding hydrogens is 248 g/mol. The number of carboxylic acids is 1. The van der Waals surface area contributed by atoms with Crippen molar-refractivity contribution in [3.05, 3.63) is 10.6 Å². The second kappa shape index (κ2) is 4.53. The van der Waals surface area contributed by atoms with Gasteiger partial charge in [-0.05, 0) is 31.1 Å². The van der Waals surface area contributed by atoms with E-state index in [9.17, 15) is 4.79 Å². The number of hydrogen-bond acceptors (Lipinski definition) is 4. The molecule has 2 aliphatic rings. The van der Waals surface area contributed by atoms with E-state index in [4.69, 9.17) is 5.11 Å². The average molecular weight is 266 g/mol. The molecule has 2 unspecified atom stereocenters. The number of nitrogens with zero attached hydrogens (tertiary/aromatic N) is 2. The van der Waals surface area contributed by atoms with Crippen molar-refractivity contribution in [2.45, 2.75) is 32.6 Å². The summed E-state index contributed by atoms with van der Waals surface area (Å²) in [5.74, 6) is 0.787. The zero-order chi connectivity index (χ0) is 12.7. The highest BCUT2D eigenvalue weighted by Crippen LogP contribution is 2.40. The van der Waals surface area contributed by atoms with Crippen LogP contribution in [0.15, 0.2) is 0 Å². The maximum Gasteiger partial charge on any atom is 0.347 e. The first kappa shape index (κ1) is 12.0. The minimum atomic E-state index is -0.838. The van der Waals surface area contributed by atoms with Crippen LogP contribution in [-0.4, -0.2) is 29.1 Å². The largest absolute Gasteiger partial charge is 0.477 e. The number of thiazole rings is 1. The molecule has 1 saturated heterocycles. The van der Waals surface area contributed by atoms with Crippen LogP contribution >= 0.6 is 11.3 Å². The molecule has 18 heavy (non-hydrogen) atoms. The third-order valence-corrected chi connectivity index (χ3v) is 5.36. The van der Waals surface area contributed by atoms with Crippen LogP contribution in [0.1, 0.15) is 41.6 Å². The van der Waals surface area contributed by atoms with Crippen LogP contribution in [0.4, 0.5) is 5.13 Å². The van der Waals surface area contributed by atoms with Gasteiger partial charge in [0.05, 0.1) is 5.69 Å². The van der Waals surface area contributed by atoms with Gasteiger partial charge in [-0.15, -0.1) is 0 Å². The Morgan fingerprint density at radius 1 is 1.44 bits per heavy atom. The second-order valence-corrected chi connectivity index (χ2v) is 6.26. The molecule has 1 aliphatic heterocycles. The second-order valence-electron chi connectivity index (χ2n) is 5.29. The van der Waals surface area contributed by atoms with Crippen LogP contribution in [0.25, 0.3) is 0 Å². The summed E-state index contributed by atoms with van der Waals surface area (Å²) in [7, 11) is 0. The van der Waals surface area contributed by atoms with Crippen LogP contribution in [0.2, 0.25) is 0 Å². The third-order valence-electron chi connectivity index (χ3n) is 4.21. The van der Waals surface area contributed by atoms with E-state index in [2.05, 4.69) is 9.88 Å². The third kappa shape index (κ3) is 1.90. The van der Waals surface area contributed by atoms with Gasteiger partial charge in [0, 0.05) is 13.1 Å². The van der Waals surface area contributed by atoms with Crippen molar-refractivity contribution in [3.8, 4) is 0 Å². The Hall–Kier alpha value is -1.10. The Labute approximate surface area is 111 Å². The first-order valence-corrected chi connectivity index (χ1v) is 7.48. The molecule has 4 nitrogen and oxygen atoms in total. The van der Waals surface area contributed by atoms with E-state index in [0.29, 0.717) is 11.3 Å². The van der Waals surface area contributed by atoms with Gasteiger partial charge in [-0.3, -0.25) is 0 Å². The highest BCUT2D eigenvalue weighted by Gasteiger charge is 2.37. The fourth-order valence-electron chi connectivity index (χ4n) is 3.27. The van der Waals surface area contributed by atoms with E-state index in [-0.39, 0.29) is 0 Å². The summed E-state index contributed by atoms with van der Waals surface area (Å²) < 4.78 is 0. The molecular formula is C13H18N2O2S. The highest BCUT2D eigenvalue weighted by molar-refractivity contribution is 7.17. The Morgan fingerprint density at radius 2 is 2.11 bits per heavy atom. The molecule has 0 amide bonds. The summed E-state index contributed by atoms with van der Waals surface area (Å²) in [6.45, 7) is 4.10. The summed E-state index contributed by atoms with van der Waals surface area (Å²) in [5, 5.41) is 10.1. The topological polar surface area (TPSA) is 53.4 Å². The lowest BCUT2D eigenvalue weighted by molar-refractivity contribution is 0.0701. The molecule has 0 aromatic carbocycles. The number of aromatic nitrogens is 1. The van der Waals surface area contributed by atoms with Gasteiger partial charge in [0.25, 0.3) is 0 Å². The first-order chi connectivity index (χ1) is 8.69. The van der Waals surface area contributed by atoms with Crippen LogP contribution < -0.4 is 4.90 Å². The van der Waals surface area contributed by atoms with Gasteiger partial charge in [0.2, 0.25) is 0 Å².